The van der Waals surface area contributed by atoms with Crippen molar-refractivity contribution in [3.8, 4) is 6.07 Å². The normalized spacial score (nSPS) is 16.9. The van der Waals surface area contributed by atoms with Crippen LogP contribution in [0.2, 0.25) is 0 Å². The first-order valence-corrected chi connectivity index (χ1v) is 9.71. The number of rotatable bonds is 4. The number of nitrogen functional groups attached to an aromatic ring is 1. The van der Waals surface area contributed by atoms with E-state index >= 15 is 0 Å². The lowest BCUT2D eigenvalue weighted by Gasteiger charge is -2.32. The van der Waals surface area contributed by atoms with Gasteiger partial charge in [-0.25, -0.2) is 8.42 Å². The summed E-state index contributed by atoms with van der Waals surface area (Å²) in [6, 6.07) is 2.01. The Kier molecular flexibility index (Phi) is 4.79. The third-order valence-corrected chi connectivity index (χ3v) is 7.25. The van der Waals surface area contributed by atoms with Crippen molar-refractivity contribution >= 4 is 31.9 Å². The first-order valence-electron chi connectivity index (χ1n) is 7.24. The minimum absolute atomic E-state index is 0.00275. The van der Waals surface area contributed by atoms with Crippen molar-refractivity contribution in [3.63, 3.8) is 0 Å². The lowest BCUT2D eigenvalue weighted by atomic mass is 9.95. The fourth-order valence-corrected chi connectivity index (χ4v) is 5.35. The molecule has 0 radical (unpaired) electrons. The third-order valence-electron chi connectivity index (χ3n) is 4.15. The smallest absolute Gasteiger partial charge is 0.183 e. The Morgan fingerprint density at radius 3 is 2.48 bits per heavy atom. The van der Waals surface area contributed by atoms with Gasteiger partial charge in [0.15, 0.2) is 9.84 Å². The van der Waals surface area contributed by atoms with Crippen LogP contribution in [0.5, 0.6) is 0 Å². The van der Waals surface area contributed by atoms with E-state index < -0.39 is 9.84 Å². The Balaban J connectivity index is 2.43. The highest BCUT2D eigenvalue weighted by molar-refractivity contribution is 7.91. The second-order valence-corrected chi connectivity index (χ2v) is 8.55. The van der Waals surface area contributed by atoms with E-state index in [0.717, 1.165) is 32.4 Å². The summed E-state index contributed by atoms with van der Waals surface area (Å²) in [4.78, 5) is 2.55. The summed E-state index contributed by atoms with van der Waals surface area (Å²) in [5, 5.41) is 9.79. The van der Waals surface area contributed by atoms with Crippen LogP contribution >= 0.6 is 11.3 Å². The molecular formula is C14H21N3O2S2. The summed E-state index contributed by atoms with van der Waals surface area (Å²) in [6.45, 7) is 5.45. The molecule has 1 saturated heterocycles. The molecule has 2 N–H and O–H groups in total. The summed E-state index contributed by atoms with van der Waals surface area (Å²) < 4.78 is 24.7. The number of anilines is 2. The average Bonchev–Trinajstić information content (AvgIpc) is 2.84. The quantitative estimate of drug-likeness (QED) is 0.918. The van der Waals surface area contributed by atoms with Gasteiger partial charge in [0.2, 0.25) is 0 Å². The van der Waals surface area contributed by atoms with Crippen LogP contribution < -0.4 is 10.6 Å². The maximum atomic E-state index is 12.3. The number of nitriles is 1. The van der Waals surface area contributed by atoms with E-state index in [-0.39, 0.29) is 16.3 Å². The first-order chi connectivity index (χ1) is 9.94. The monoisotopic (exact) mass is 327 g/mol. The van der Waals surface area contributed by atoms with Gasteiger partial charge in [0.05, 0.1) is 11.4 Å². The van der Waals surface area contributed by atoms with E-state index in [1.54, 1.807) is 6.92 Å². The summed E-state index contributed by atoms with van der Waals surface area (Å²) in [5.74, 6) is 0.706. The molecular weight excluding hydrogens is 306 g/mol. The van der Waals surface area contributed by atoms with Gasteiger partial charge in [-0.2, -0.15) is 5.26 Å². The molecule has 1 aromatic rings. The predicted molar refractivity (Wildman–Crippen MR) is 86.4 cm³/mol. The van der Waals surface area contributed by atoms with Crippen molar-refractivity contribution in [2.45, 2.75) is 38.0 Å². The Morgan fingerprint density at radius 2 is 2.00 bits per heavy atom. The third kappa shape index (κ3) is 3.01. The van der Waals surface area contributed by atoms with Gasteiger partial charge in [0.1, 0.15) is 20.8 Å². The Hall–Kier alpha value is -1.26. The number of piperidine rings is 1. The van der Waals surface area contributed by atoms with Gasteiger partial charge in [0.25, 0.3) is 0 Å². The van der Waals surface area contributed by atoms with Crippen LogP contribution in [0, 0.1) is 17.2 Å². The lowest BCUT2D eigenvalue weighted by molar-refractivity contribution is 0.395. The second kappa shape index (κ2) is 6.24. The van der Waals surface area contributed by atoms with Gasteiger partial charge in [-0.1, -0.05) is 20.3 Å². The molecule has 1 aliphatic rings. The largest absolute Gasteiger partial charge is 0.396 e. The molecule has 0 atom stereocenters. The van der Waals surface area contributed by atoms with Crippen LogP contribution in [0.3, 0.4) is 0 Å². The molecule has 0 amide bonds. The molecule has 1 aromatic heterocycles. The molecule has 2 heterocycles. The zero-order valence-corrected chi connectivity index (χ0v) is 14.1. The van der Waals surface area contributed by atoms with Crippen molar-refractivity contribution < 1.29 is 8.42 Å². The summed E-state index contributed by atoms with van der Waals surface area (Å²) in [6.07, 6.45) is 3.27. The summed E-state index contributed by atoms with van der Waals surface area (Å²) >= 11 is 1.20. The minimum Gasteiger partial charge on any atom is -0.396 e. The van der Waals surface area contributed by atoms with Gasteiger partial charge >= 0.3 is 0 Å². The average molecular weight is 327 g/mol. The van der Waals surface area contributed by atoms with Crippen molar-refractivity contribution in [2.24, 2.45) is 5.92 Å². The molecule has 21 heavy (non-hydrogen) atoms. The van der Waals surface area contributed by atoms with E-state index in [1.165, 1.54) is 11.3 Å². The topological polar surface area (TPSA) is 87.2 Å². The van der Waals surface area contributed by atoms with Gasteiger partial charge in [-0.15, -0.1) is 11.3 Å². The van der Waals surface area contributed by atoms with E-state index in [1.807, 2.05) is 6.07 Å². The van der Waals surface area contributed by atoms with Crippen LogP contribution in [0.15, 0.2) is 4.90 Å². The molecule has 0 aromatic carbocycles. The number of hydrogen-bond donors (Lipinski definition) is 1. The second-order valence-electron chi connectivity index (χ2n) is 5.33. The fourth-order valence-electron chi connectivity index (χ4n) is 2.70. The van der Waals surface area contributed by atoms with Crippen LogP contribution in [-0.4, -0.2) is 27.3 Å². The number of nitrogens with zero attached hydrogens (tertiary/aromatic N) is 2. The van der Waals surface area contributed by atoms with Gasteiger partial charge < -0.3 is 10.6 Å². The highest BCUT2D eigenvalue weighted by Gasteiger charge is 2.30. The molecule has 0 aliphatic carbocycles. The molecule has 1 aliphatic heterocycles. The number of hydrogen-bond acceptors (Lipinski definition) is 6. The van der Waals surface area contributed by atoms with Gasteiger partial charge in [-0.05, 0) is 18.8 Å². The highest BCUT2D eigenvalue weighted by Crippen LogP contribution is 2.43. The zero-order valence-electron chi connectivity index (χ0n) is 12.4. The molecule has 0 unspecified atom stereocenters. The fraction of sp³-hybridized carbons (Fsp3) is 0.643. The molecule has 0 saturated carbocycles. The van der Waals surface area contributed by atoms with Crippen molar-refractivity contribution in [2.75, 3.05) is 29.5 Å². The van der Waals surface area contributed by atoms with Gasteiger partial charge in [-0.3, -0.25) is 0 Å². The lowest BCUT2D eigenvalue weighted by Crippen LogP contribution is -2.33. The number of thiophene rings is 1. The Morgan fingerprint density at radius 1 is 1.38 bits per heavy atom. The SMILES string of the molecule is CCC1CCN(c2sc(C#N)c(N)c2S(=O)(=O)CC)CC1. The maximum Gasteiger partial charge on any atom is 0.183 e. The summed E-state index contributed by atoms with van der Waals surface area (Å²) in [5.41, 5.74) is 6.04. The number of nitrogens with two attached hydrogens (primary N) is 1. The molecule has 5 nitrogen and oxygen atoms in total. The minimum atomic E-state index is -3.42. The zero-order chi connectivity index (χ0) is 15.6. The van der Waals surface area contributed by atoms with Crippen LogP contribution in [0.25, 0.3) is 0 Å². The number of sulfone groups is 1. The highest BCUT2D eigenvalue weighted by atomic mass is 32.2. The van der Waals surface area contributed by atoms with Gasteiger partial charge in [0, 0.05) is 13.1 Å². The maximum absolute atomic E-state index is 12.3. The van der Waals surface area contributed by atoms with E-state index in [9.17, 15) is 8.42 Å². The molecule has 0 spiro atoms. The van der Waals surface area contributed by atoms with E-state index in [0.29, 0.717) is 15.8 Å². The van der Waals surface area contributed by atoms with Crippen LogP contribution in [0.4, 0.5) is 10.7 Å². The predicted octanol–water partition coefficient (Wildman–Crippen LogP) is 2.62. The Labute approximate surface area is 130 Å². The molecule has 2 rings (SSSR count). The first kappa shape index (κ1) is 16.1. The van der Waals surface area contributed by atoms with E-state index in [4.69, 9.17) is 11.0 Å². The van der Waals surface area contributed by atoms with Crippen molar-refractivity contribution in [1.82, 2.24) is 0 Å². The van der Waals surface area contributed by atoms with Crippen LogP contribution in [0.1, 0.15) is 38.0 Å². The van der Waals surface area contributed by atoms with Crippen LogP contribution in [-0.2, 0) is 9.84 Å². The molecule has 116 valence electrons. The molecule has 1 fully saturated rings. The van der Waals surface area contributed by atoms with Crippen molar-refractivity contribution in [3.05, 3.63) is 4.88 Å². The molecule has 7 heteroatoms. The van der Waals surface area contributed by atoms with Crippen molar-refractivity contribution in [1.29, 1.82) is 5.26 Å². The summed E-state index contributed by atoms with van der Waals surface area (Å²) in [7, 11) is -3.42. The Bertz CT molecular complexity index is 650. The molecule has 0 bridgehead atoms. The standard InChI is InChI=1S/C14H21N3O2S2/c1-3-10-5-7-17(8-6-10)14-13(21(18,19)4-2)12(16)11(9-15)20-14/h10H,3-8,16H2,1-2H3. The van der Waals surface area contributed by atoms with E-state index in [2.05, 4.69) is 11.8 Å².